The van der Waals surface area contributed by atoms with Gasteiger partial charge >= 0.3 is 0 Å². The van der Waals surface area contributed by atoms with Gasteiger partial charge < -0.3 is 10.4 Å². The molecule has 5 heteroatoms. The zero-order chi connectivity index (χ0) is 13.2. The number of carbonyl (C=O) groups is 1. The molecule has 2 N–H and O–H groups in total. The van der Waals surface area contributed by atoms with Crippen LogP contribution in [0, 0.1) is 0 Å². The predicted octanol–water partition coefficient (Wildman–Crippen LogP) is 0.476. The van der Waals surface area contributed by atoms with Crippen LogP contribution in [0.1, 0.15) is 12.0 Å². The number of aliphatic hydroxyl groups is 1. The van der Waals surface area contributed by atoms with E-state index in [4.69, 9.17) is 5.11 Å². The van der Waals surface area contributed by atoms with Crippen LogP contribution in [0.4, 0.5) is 0 Å². The highest BCUT2D eigenvalue weighted by Crippen LogP contribution is 1.98. The van der Waals surface area contributed by atoms with Gasteiger partial charge in [-0.3, -0.25) is 9.00 Å². The quantitative estimate of drug-likeness (QED) is 0.721. The summed E-state index contributed by atoms with van der Waals surface area (Å²) in [6.45, 7) is 0.571. The number of rotatable bonds is 8. The lowest BCUT2D eigenvalue weighted by molar-refractivity contribution is -0.118. The molecule has 0 fully saturated rings. The average Bonchev–Trinajstić information content (AvgIpc) is 2.37. The molecule has 0 radical (unpaired) electrons. The lowest BCUT2D eigenvalue weighted by Gasteiger charge is -2.05. The summed E-state index contributed by atoms with van der Waals surface area (Å²) in [7, 11) is -1.17. The van der Waals surface area contributed by atoms with Crippen LogP contribution in [-0.4, -0.2) is 39.9 Å². The van der Waals surface area contributed by atoms with Gasteiger partial charge in [-0.15, -0.1) is 0 Å². The maximum Gasteiger partial charge on any atom is 0.232 e. The summed E-state index contributed by atoms with van der Waals surface area (Å²) >= 11 is 0. The highest BCUT2D eigenvalue weighted by molar-refractivity contribution is 7.85. The first kappa shape index (κ1) is 14.9. The van der Waals surface area contributed by atoms with E-state index in [1.165, 1.54) is 5.56 Å². The molecule has 0 bridgehead atoms. The monoisotopic (exact) mass is 269 g/mol. The molecule has 1 amide bonds. The Hall–Kier alpha value is -1.20. The summed E-state index contributed by atoms with van der Waals surface area (Å²) in [5, 5.41) is 11.3. The van der Waals surface area contributed by atoms with E-state index in [-0.39, 0.29) is 18.3 Å². The van der Waals surface area contributed by atoms with Gasteiger partial charge in [0.15, 0.2) is 0 Å². The fourth-order valence-corrected chi connectivity index (χ4v) is 2.48. The molecular formula is C13H19NO3S. The summed E-state index contributed by atoms with van der Waals surface area (Å²) in [6.07, 6.45) is 1.25. The zero-order valence-electron chi connectivity index (χ0n) is 10.3. The number of aliphatic hydroxyl groups excluding tert-OH is 1. The maximum absolute atomic E-state index is 11.4. The van der Waals surface area contributed by atoms with Crippen molar-refractivity contribution in [3.63, 3.8) is 0 Å². The third-order valence-electron chi connectivity index (χ3n) is 2.40. The van der Waals surface area contributed by atoms with E-state index in [1.807, 2.05) is 30.3 Å². The Morgan fingerprint density at radius 3 is 2.67 bits per heavy atom. The van der Waals surface area contributed by atoms with Crippen molar-refractivity contribution in [1.29, 1.82) is 0 Å². The zero-order valence-corrected chi connectivity index (χ0v) is 11.1. The van der Waals surface area contributed by atoms with Gasteiger partial charge in [0.2, 0.25) is 5.91 Å². The first-order valence-corrected chi connectivity index (χ1v) is 7.47. The topological polar surface area (TPSA) is 66.4 Å². The van der Waals surface area contributed by atoms with Gasteiger partial charge in [0, 0.05) is 29.7 Å². The van der Waals surface area contributed by atoms with Crippen LogP contribution >= 0.6 is 0 Å². The standard InChI is InChI=1S/C13H19NO3S/c15-9-4-10-18(17)11-13(16)14-8-7-12-5-2-1-3-6-12/h1-3,5-6,15H,4,7-11H2,(H,14,16). The van der Waals surface area contributed by atoms with Gasteiger partial charge in [0.1, 0.15) is 5.75 Å². The highest BCUT2D eigenvalue weighted by atomic mass is 32.2. The highest BCUT2D eigenvalue weighted by Gasteiger charge is 2.06. The van der Waals surface area contributed by atoms with Gasteiger partial charge in [-0.2, -0.15) is 0 Å². The van der Waals surface area contributed by atoms with E-state index < -0.39 is 10.8 Å². The molecule has 0 aliphatic rings. The van der Waals surface area contributed by atoms with Crippen LogP contribution in [0.25, 0.3) is 0 Å². The number of hydrogen-bond donors (Lipinski definition) is 2. The van der Waals surface area contributed by atoms with Gasteiger partial charge in [0.05, 0.1) is 0 Å². The van der Waals surface area contributed by atoms with Crippen molar-refractivity contribution >= 4 is 16.7 Å². The Morgan fingerprint density at radius 2 is 2.00 bits per heavy atom. The summed E-state index contributed by atoms with van der Waals surface area (Å²) in [5.74, 6) is 0.208. The normalized spacial score (nSPS) is 12.1. The first-order valence-electron chi connectivity index (χ1n) is 5.99. The van der Waals surface area contributed by atoms with Crippen molar-refractivity contribution in [2.24, 2.45) is 0 Å². The van der Waals surface area contributed by atoms with Crippen molar-refractivity contribution in [3.8, 4) is 0 Å². The molecular weight excluding hydrogens is 250 g/mol. The molecule has 0 aliphatic carbocycles. The molecule has 1 rings (SSSR count). The van der Waals surface area contributed by atoms with E-state index in [2.05, 4.69) is 5.32 Å². The molecule has 4 nitrogen and oxygen atoms in total. The summed E-state index contributed by atoms with van der Waals surface area (Å²) in [6, 6.07) is 9.88. The lowest BCUT2D eigenvalue weighted by atomic mass is 10.1. The third kappa shape index (κ3) is 6.51. The Morgan fingerprint density at radius 1 is 1.28 bits per heavy atom. The van der Waals surface area contributed by atoms with Crippen molar-refractivity contribution < 1.29 is 14.1 Å². The van der Waals surface area contributed by atoms with E-state index in [0.29, 0.717) is 18.7 Å². The Balaban J connectivity index is 2.15. The summed E-state index contributed by atoms with van der Waals surface area (Å²) in [5.41, 5.74) is 1.17. The second kappa shape index (κ2) is 8.83. The second-order valence-corrected chi connectivity index (χ2v) is 5.53. The van der Waals surface area contributed by atoms with Crippen LogP contribution in [0.15, 0.2) is 30.3 Å². The number of hydrogen-bond acceptors (Lipinski definition) is 3. The van der Waals surface area contributed by atoms with Crippen LogP contribution < -0.4 is 5.32 Å². The molecule has 1 aromatic rings. The van der Waals surface area contributed by atoms with Crippen molar-refractivity contribution in [2.45, 2.75) is 12.8 Å². The SMILES string of the molecule is O=C(CS(=O)CCCO)NCCc1ccccc1. The minimum absolute atomic E-state index is 0.0152. The molecule has 0 aliphatic heterocycles. The number of nitrogens with one attached hydrogen (secondary N) is 1. The second-order valence-electron chi connectivity index (χ2n) is 3.95. The maximum atomic E-state index is 11.4. The number of carbonyl (C=O) groups excluding carboxylic acids is 1. The van der Waals surface area contributed by atoms with E-state index in [1.54, 1.807) is 0 Å². The van der Waals surface area contributed by atoms with E-state index in [0.717, 1.165) is 6.42 Å². The van der Waals surface area contributed by atoms with Crippen molar-refractivity contribution in [3.05, 3.63) is 35.9 Å². The largest absolute Gasteiger partial charge is 0.396 e. The molecule has 1 atom stereocenters. The Bertz CT molecular complexity index is 381. The summed E-state index contributed by atoms with van der Waals surface area (Å²) < 4.78 is 11.4. The van der Waals surface area contributed by atoms with Crippen LogP contribution in [0.3, 0.4) is 0 Å². The fourth-order valence-electron chi connectivity index (χ4n) is 1.49. The van der Waals surface area contributed by atoms with Gasteiger partial charge in [-0.05, 0) is 18.4 Å². The molecule has 0 saturated heterocycles. The van der Waals surface area contributed by atoms with Gasteiger partial charge in [0.25, 0.3) is 0 Å². The minimum atomic E-state index is -1.17. The van der Waals surface area contributed by atoms with E-state index >= 15 is 0 Å². The third-order valence-corrected chi connectivity index (χ3v) is 3.73. The molecule has 0 heterocycles. The van der Waals surface area contributed by atoms with E-state index in [9.17, 15) is 9.00 Å². The minimum Gasteiger partial charge on any atom is -0.396 e. The number of benzene rings is 1. The molecule has 1 unspecified atom stereocenters. The van der Waals surface area contributed by atoms with Crippen LogP contribution in [0.5, 0.6) is 0 Å². The molecule has 18 heavy (non-hydrogen) atoms. The Kier molecular flexibility index (Phi) is 7.29. The predicted molar refractivity (Wildman–Crippen MR) is 72.7 cm³/mol. The molecule has 0 spiro atoms. The fraction of sp³-hybridized carbons (Fsp3) is 0.462. The van der Waals surface area contributed by atoms with Crippen molar-refractivity contribution in [1.82, 2.24) is 5.32 Å². The van der Waals surface area contributed by atoms with Crippen LogP contribution in [-0.2, 0) is 22.0 Å². The van der Waals surface area contributed by atoms with Gasteiger partial charge in [-0.25, -0.2) is 0 Å². The Labute approximate surface area is 110 Å². The summed E-state index contributed by atoms with van der Waals surface area (Å²) in [4.78, 5) is 11.4. The van der Waals surface area contributed by atoms with Crippen LogP contribution in [0.2, 0.25) is 0 Å². The molecule has 100 valence electrons. The molecule has 1 aromatic carbocycles. The number of amides is 1. The molecule has 0 aromatic heterocycles. The van der Waals surface area contributed by atoms with Gasteiger partial charge in [-0.1, -0.05) is 30.3 Å². The lowest BCUT2D eigenvalue weighted by Crippen LogP contribution is -2.30. The molecule has 0 saturated carbocycles. The first-order chi connectivity index (χ1) is 8.72. The van der Waals surface area contributed by atoms with Crippen molar-refractivity contribution in [2.75, 3.05) is 24.7 Å². The smallest absolute Gasteiger partial charge is 0.232 e. The average molecular weight is 269 g/mol.